The first kappa shape index (κ1) is 10.9. The van der Waals surface area contributed by atoms with Gasteiger partial charge in [0.1, 0.15) is 11.5 Å². The number of carbonyl (C=O) groups excluding carboxylic acids is 1. The molecule has 4 heteroatoms. The monoisotopic (exact) mass is 252 g/mol. The summed E-state index contributed by atoms with van der Waals surface area (Å²) in [6.07, 6.45) is 4.41. The van der Waals surface area contributed by atoms with Crippen LogP contribution in [0.25, 0.3) is 0 Å². The number of benzene rings is 1. The number of halogens is 1. The van der Waals surface area contributed by atoms with Crippen molar-refractivity contribution in [3.8, 4) is 11.5 Å². The van der Waals surface area contributed by atoms with Crippen molar-refractivity contribution in [1.29, 1.82) is 0 Å². The van der Waals surface area contributed by atoms with Gasteiger partial charge in [0.15, 0.2) is 6.29 Å². The Balaban J connectivity index is 2.28. The molecule has 0 bridgehead atoms. The fraction of sp³-hybridized carbons (Fsp3) is 0.462. The normalized spacial score (nSPS) is 17.5. The van der Waals surface area contributed by atoms with Crippen LogP contribution >= 0.6 is 11.6 Å². The Hall–Kier alpha value is -1.22. The molecular weight excluding hydrogens is 240 g/mol. The number of fused-ring (bicyclic) bond motifs is 2. The molecule has 1 aromatic rings. The van der Waals surface area contributed by atoms with Gasteiger partial charge in [-0.05, 0) is 25.7 Å². The molecule has 2 aliphatic heterocycles. The van der Waals surface area contributed by atoms with Crippen molar-refractivity contribution < 1.29 is 14.3 Å². The SMILES string of the molecule is O=Cc1c2c(c(Cl)c3c1OCCC3)OCCC2. The van der Waals surface area contributed by atoms with Crippen LogP contribution in [0.1, 0.15) is 34.3 Å². The van der Waals surface area contributed by atoms with Gasteiger partial charge in [0.05, 0.1) is 23.8 Å². The number of aldehydes is 1. The second-order valence-corrected chi connectivity index (χ2v) is 4.74. The van der Waals surface area contributed by atoms with Crippen LogP contribution in [0, 0.1) is 0 Å². The van der Waals surface area contributed by atoms with Crippen molar-refractivity contribution >= 4 is 17.9 Å². The summed E-state index contributed by atoms with van der Waals surface area (Å²) >= 11 is 6.35. The van der Waals surface area contributed by atoms with Gasteiger partial charge < -0.3 is 9.47 Å². The molecule has 0 unspecified atom stereocenters. The van der Waals surface area contributed by atoms with Crippen LogP contribution in [0.5, 0.6) is 11.5 Å². The molecule has 0 aliphatic carbocycles. The Labute approximate surface area is 105 Å². The van der Waals surface area contributed by atoms with Crippen LogP contribution in [0.3, 0.4) is 0 Å². The van der Waals surface area contributed by atoms with E-state index in [9.17, 15) is 4.79 Å². The second-order valence-electron chi connectivity index (χ2n) is 4.36. The van der Waals surface area contributed by atoms with E-state index in [2.05, 4.69) is 0 Å². The molecule has 2 aliphatic rings. The number of rotatable bonds is 1. The van der Waals surface area contributed by atoms with Crippen molar-refractivity contribution in [2.75, 3.05) is 13.2 Å². The summed E-state index contributed by atoms with van der Waals surface area (Å²) in [6, 6.07) is 0. The molecule has 1 aromatic carbocycles. The Kier molecular flexibility index (Phi) is 2.71. The summed E-state index contributed by atoms with van der Waals surface area (Å²) in [5.41, 5.74) is 2.48. The van der Waals surface area contributed by atoms with Gasteiger partial charge in [-0.25, -0.2) is 0 Å². The summed E-state index contributed by atoms with van der Waals surface area (Å²) in [6.45, 7) is 1.33. The van der Waals surface area contributed by atoms with Gasteiger partial charge in [0.2, 0.25) is 0 Å². The minimum atomic E-state index is 0.638. The van der Waals surface area contributed by atoms with E-state index in [1.165, 1.54) is 0 Å². The van der Waals surface area contributed by atoms with Gasteiger partial charge in [0, 0.05) is 11.1 Å². The van der Waals surface area contributed by atoms with Gasteiger partial charge in [-0.1, -0.05) is 11.6 Å². The Bertz CT molecular complexity index is 445. The van der Waals surface area contributed by atoms with Crippen LogP contribution in [0.15, 0.2) is 0 Å². The number of hydrogen-bond donors (Lipinski definition) is 0. The van der Waals surface area contributed by atoms with Crippen molar-refractivity contribution in [1.82, 2.24) is 0 Å². The van der Waals surface area contributed by atoms with Crippen molar-refractivity contribution in [2.24, 2.45) is 0 Å². The Morgan fingerprint density at radius 1 is 1.00 bits per heavy atom. The second kappa shape index (κ2) is 4.22. The topological polar surface area (TPSA) is 35.5 Å². The van der Waals surface area contributed by atoms with E-state index in [1.54, 1.807) is 0 Å². The molecule has 0 N–H and O–H groups in total. The zero-order chi connectivity index (χ0) is 11.8. The minimum absolute atomic E-state index is 0.638. The zero-order valence-electron chi connectivity index (χ0n) is 9.42. The van der Waals surface area contributed by atoms with E-state index in [0.717, 1.165) is 43.1 Å². The maximum Gasteiger partial charge on any atom is 0.154 e. The summed E-state index contributed by atoms with van der Waals surface area (Å²) in [5.74, 6) is 1.38. The van der Waals surface area contributed by atoms with Crippen LogP contribution in [-0.4, -0.2) is 19.5 Å². The molecular formula is C13H13ClO3. The first-order valence-electron chi connectivity index (χ1n) is 5.91. The highest BCUT2D eigenvalue weighted by Gasteiger charge is 2.28. The molecule has 0 saturated heterocycles. The van der Waals surface area contributed by atoms with Gasteiger partial charge in [-0.3, -0.25) is 4.79 Å². The molecule has 0 aromatic heterocycles. The molecule has 0 spiro atoms. The first-order chi connectivity index (χ1) is 8.33. The van der Waals surface area contributed by atoms with Gasteiger partial charge in [0.25, 0.3) is 0 Å². The van der Waals surface area contributed by atoms with E-state index in [4.69, 9.17) is 21.1 Å². The molecule has 0 fully saturated rings. The molecule has 2 heterocycles. The zero-order valence-corrected chi connectivity index (χ0v) is 10.2. The molecule has 3 rings (SSSR count). The summed E-state index contributed by atoms with van der Waals surface area (Å²) in [5, 5.41) is 0.639. The minimum Gasteiger partial charge on any atom is -0.492 e. The maximum absolute atomic E-state index is 11.3. The average molecular weight is 253 g/mol. The highest BCUT2D eigenvalue weighted by Crippen LogP contribution is 2.45. The van der Waals surface area contributed by atoms with Crippen molar-refractivity contribution in [2.45, 2.75) is 25.7 Å². The maximum atomic E-state index is 11.3. The fourth-order valence-electron chi connectivity index (χ4n) is 2.55. The molecule has 0 atom stereocenters. The predicted molar refractivity (Wildman–Crippen MR) is 64.5 cm³/mol. The predicted octanol–water partition coefficient (Wildman–Crippen LogP) is 2.80. The third-order valence-electron chi connectivity index (χ3n) is 3.34. The molecule has 0 radical (unpaired) electrons. The van der Waals surface area contributed by atoms with Crippen molar-refractivity contribution in [3.05, 3.63) is 21.7 Å². The van der Waals surface area contributed by atoms with E-state index in [0.29, 0.717) is 35.3 Å². The average Bonchev–Trinajstić information content (AvgIpc) is 2.40. The Morgan fingerprint density at radius 2 is 1.65 bits per heavy atom. The van der Waals surface area contributed by atoms with Crippen LogP contribution in [0.4, 0.5) is 0 Å². The molecule has 3 nitrogen and oxygen atoms in total. The molecule has 0 amide bonds. The quantitative estimate of drug-likeness (QED) is 0.721. The standard InChI is InChI=1S/C13H13ClO3/c14-11-9-4-2-5-16-12(9)10(7-15)8-3-1-6-17-13(8)11/h7H,1-6H2. The lowest BCUT2D eigenvalue weighted by molar-refractivity contribution is 0.111. The molecule has 0 saturated carbocycles. The molecule has 90 valence electrons. The highest BCUT2D eigenvalue weighted by molar-refractivity contribution is 6.33. The van der Waals surface area contributed by atoms with Crippen molar-refractivity contribution in [3.63, 3.8) is 0 Å². The number of carbonyl (C=O) groups is 1. The lowest BCUT2D eigenvalue weighted by Gasteiger charge is -2.27. The lowest BCUT2D eigenvalue weighted by Crippen LogP contribution is -2.17. The summed E-state index contributed by atoms with van der Waals surface area (Å²) in [7, 11) is 0. The fourth-order valence-corrected chi connectivity index (χ4v) is 2.90. The van der Waals surface area contributed by atoms with E-state index < -0.39 is 0 Å². The molecule has 17 heavy (non-hydrogen) atoms. The van der Waals surface area contributed by atoms with Crippen LogP contribution in [0.2, 0.25) is 5.02 Å². The first-order valence-corrected chi connectivity index (χ1v) is 6.28. The summed E-state index contributed by atoms with van der Waals surface area (Å²) < 4.78 is 11.2. The van der Waals surface area contributed by atoms with E-state index in [-0.39, 0.29) is 0 Å². The van der Waals surface area contributed by atoms with Gasteiger partial charge >= 0.3 is 0 Å². The third-order valence-corrected chi connectivity index (χ3v) is 3.73. The van der Waals surface area contributed by atoms with Crippen LogP contribution in [-0.2, 0) is 12.8 Å². The highest BCUT2D eigenvalue weighted by atomic mass is 35.5. The number of hydrogen-bond acceptors (Lipinski definition) is 3. The number of ether oxygens (including phenoxy) is 2. The third kappa shape index (κ3) is 1.61. The largest absolute Gasteiger partial charge is 0.492 e. The van der Waals surface area contributed by atoms with E-state index >= 15 is 0 Å². The Morgan fingerprint density at radius 3 is 2.35 bits per heavy atom. The smallest absolute Gasteiger partial charge is 0.154 e. The van der Waals surface area contributed by atoms with E-state index in [1.807, 2.05) is 0 Å². The lowest BCUT2D eigenvalue weighted by atomic mass is 9.93. The van der Waals surface area contributed by atoms with Gasteiger partial charge in [-0.15, -0.1) is 0 Å². The van der Waals surface area contributed by atoms with Gasteiger partial charge in [-0.2, -0.15) is 0 Å². The summed E-state index contributed by atoms with van der Waals surface area (Å²) in [4.78, 5) is 11.3. The van der Waals surface area contributed by atoms with Crippen LogP contribution < -0.4 is 9.47 Å².